The molecule has 5 nitrogen and oxygen atoms in total. The number of halogens is 1. The molecule has 0 saturated carbocycles. The van der Waals surface area contributed by atoms with Crippen molar-refractivity contribution < 1.29 is 4.39 Å². The van der Waals surface area contributed by atoms with Gasteiger partial charge in [0.25, 0.3) is 5.56 Å². The highest BCUT2D eigenvalue weighted by atomic mass is 19.1. The molecule has 0 bridgehead atoms. The van der Waals surface area contributed by atoms with Gasteiger partial charge in [0.15, 0.2) is 0 Å². The molecule has 1 atom stereocenters. The predicted molar refractivity (Wildman–Crippen MR) is 73.9 cm³/mol. The van der Waals surface area contributed by atoms with Gasteiger partial charge in [0.05, 0.1) is 23.0 Å². The average molecular weight is 272 g/mol. The van der Waals surface area contributed by atoms with Gasteiger partial charge in [0.1, 0.15) is 5.83 Å². The lowest BCUT2D eigenvalue weighted by Crippen LogP contribution is -2.38. The smallest absolute Gasteiger partial charge is 0.260 e. The lowest BCUT2D eigenvalue weighted by molar-refractivity contribution is 0.539. The molecule has 2 N–H and O–H groups in total. The van der Waals surface area contributed by atoms with Gasteiger partial charge in [-0.15, -0.1) is 0 Å². The molecule has 0 radical (unpaired) electrons. The molecule has 0 saturated heterocycles. The van der Waals surface area contributed by atoms with Gasteiger partial charge in [0.2, 0.25) is 0 Å². The van der Waals surface area contributed by atoms with Crippen molar-refractivity contribution in [2.45, 2.75) is 12.5 Å². The molecule has 3 heterocycles. The fourth-order valence-electron chi connectivity index (χ4n) is 2.98. The Labute approximate surface area is 114 Å². The number of hydrazine groups is 1. The van der Waals surface area contributed by atoms with Crippen molar-refractivity contribution in [1.82, 2.24) is 15.4 Å². The first kappa shape index (κ1) is 11.6. The summed E-state index contributed by atoms with van der Waals surface area (Å²) in [6, 6.07) is 1.71. The summed E-state index contributed by atoms with van der Waals surface area (Å²) in [5.74, 6) is -0.410. The molecule has 1 aromatic heterocycles. The third kappa shape index (κ3) is 1.39. The van der Waals surface area contributed by atoms with Crippen molar-refractivity contribution in [2.75, 3.05) is 6.54 Å². The number of allylic oxidation sites excluding steroid dienone is 1. The monoisotopic (exact) mass is 272 g/mol. The Morgan fingerprint density at radius 1 is 1.50 bits per heavy atom. The summed E-state index contributed by atoms with van der Waals surface area (Å²) in [6.45, 7) is 0.630. The van der Waals surface area contributed by atoms with Crippen LogP contribution in [0.1, 0.15) is 17.5 Å². The maximum absolute atomic E-state index is 14.4. The van der Waals surface area contributed by atoms with Gasteiger partial charge >= 0.3 is 0 Å². The maximum atomic E-state index is 14.4. The van der Waals surface area contributed by atoms with E-state index in [2.05, 4.69) is 15.8 Å². The number of nitrogens with zero attached hydrogens (tertiary/aromatic N) is 2. The summed E-state index contributed by atoms with van der Waals surface area (Å²) < 4.78 is 15.9. The van der Waals surface area contributed by atoms with E-state index in [1.54, 1.807) is 19.3 Å². The lowest BCUT2D eigenvalue weighted by Gasteiger charge is -2.21. The molecular formula is C14H13FN4O. The normalized spacial score (nSPS) is 23.4. The van der Waals surface area contributed by atoms with Crippen LogP contribution >= 0.6 is 0 Å². The molecule has 20 heavy (non-hydrogen) atoms. The minimum atomic E-state index is -0.410. The van der Waals surface area contributed by atoms with Crippen LogP contribution in [0, 0.1) is 0 Å². The zero-order chi connectivity index (χ0) is 13.9. The van der Waals surface area contributed by atoms with E-state index in [1.165, 1.54) is 10.6 Å². The second-order valence-corrected chi connectivity index (χ2v) is 5.18. The zero-order valence-corrected chi connectivity index (χ0v) is 10.9. The fraction of sp³-hybridized carbons (Fsp3) is 0.286. The molecule has 6 heteroatoms. The third-order valence-corrected chi connectivity index (χ3v) is 4.00. The summed E-state index contributed by atoms with van der Waals surface area (Å²) in [6.07, 6.45) is 3.86. The standard InChI is InChI=1S/C14H13FN4O/c1-19-5-3-7-8(15)6-10-12-9(17-18-10)2-4-16-13(12)11(7)14(19)20/h3,5-6,9,17-18H,2,4H2,1H3. The highest BCUT2D eigenvalue weighted by Gasteiger charge is 2.36. The number of aromatic nitrogens is 1. The van der Waals surface area contributed by atoms with E-state index in [0.29, 0.717) is 29.1 Å². The first-order chi connectivity index (χ1) is 9.66. The van der Waals surface area contributed by atoms with E-state index in [1.807, 2.05) is 0 Å². The molecule has 1 aromatic rings. The van der Waals surface area contributed by atoms with Crippen molar-refractivity contribution in [2.24, 2.45) is 12.0 Å². The van der Waals surface area contributed by atoms with Crippen LogP contribution in [0.5, 0.6) is 0 Å². The Kier molecular flexibility index (Phi) is 2.26. The van der Waals surface area contributed by atoms with Gasteiger partial charge in [-0.2, -0.15) is 0 Å². The summed E-state index contributed by atoms with van der Waals surface area (Å²) in [5, 5.41) is 0. The number of aliphatic imine (C=N–C) groups is 1. The summed E-state index contributed by atoms with van der Waals surface area (Å²) in [4.78, 5) is 16.9. The largest absolute Gasteiger partial charge is 0.320 e. The number of rotatable bonds is 0. The van der Waals surface area contributed by atoms with E-state index in [9.17, 15) is 9.18 Å². The van der Waals surface area contributed by atoms with E-state index in [0.717, 1.165) is 12.0 Å². The van der Waals surface area contributed by atoms with Crippen molar-refractivity contribution in [3.05, 3.63) is 51.1 Å². The molecule has 4 rings (SSSR count). The number of pyridine rings is 1. The van der Waals surface area contributed by atoms with E-state index >= 15 is 0 Å². The first-order valence-corrected chi connectivity index (χ1v) is 6.55. The number of hydrogen-bond acceptors (Lipinski definition) is 4. The minimum absolute atomic E-state index is 0.0809. The molecule has 2 aliphatic heterocycles. The minimum Gasteiger partial charge on any atom is -0.320 e. The second-order valence-electron chi connectivity index (χ2n) is 5.18. The zero-order valence-electron chi connectivity index (χ0n) is 10.9. The predicted octanol–water partition coefficient (Wildman–Crippen LogP) is 0.633. The highest BCUT2D eigenvalue weighted by molar-refractivity contribution is 6.17. The number of hydrogen-bond donors (Lipinski definition) is 2. The van der Waals surface area contributed by atoms with Gasteiger partial charge in [-0.3, -0.25) is 9.79 Å². The van der Waals surface area contributed by atoms with Gasteiger partial charge < -0.3 is 9.99 Å². The SMILES string of the molecule is Cn1ccc2c(c1=O)C1=NCCC3NNC(=C13)C=C2F. The summed E-state index contributed by atoms with van der Waals surface area (Å²) >= 11 is 0. The molecule has 0 aromatic carbocycles. The molecule has 1 aliphatic carbocycles. The van der Waals surface area contributed by atoms with E-state index in [4.69, 9.17) is 0 Å². The molecule has 1 unspecified atom stereocenters. The number of nitrogens with one attached hydrogen (secondary N) is 2. The number of aryl methyl sites for hydroxylation is 1. The Bertz CT molecular complexity index is 772. The Morgan fingerprint density at radius 2 is 2.35 bits per heavy atom. The van der Waals surface area contributed by atoms with Crippen LogP contribution < -0.4 is 16.4 Å². The van der Waals surface area contributed by atoms with Gasteiger partial charge in [-0.05, 0) is 18.6 Å². The van der Waals surface area contributed by atoms with Gasteiger partial charge in [-0.25, -0.2) is 9.82 Å². The highest BCUT2D eigenvalue weighted by Crippen LogP contribution is 2.33. The molecule has 102 valence electrons. The fourth-order valence-corrected chi connectivity index (χ4v) is 2.98. The van der Waals surface area contributed by atoms with Crippen LogP contribution in [0.25, 0.3) is 5.83 Å². The van der Waals surface area contributed by atoms with Crippen molar-refractivity contribution >= 4 is 11.5 Å². The Morgan fingerprint density at radius 3 is 3.20 bits per heavy atom. The second kappa shape index (κ2) is 3.89. The number of fused-ring (bicyclic) bond motifs is 2. The average Bonchev–Trinajstić information content (AvgIpc) is 2.79. The van der Waals surface area contributed by atoms with Crippen molar-refractivity contribution in [3.63, 3.8) is 0 Å². The molecule has 0 amide bonds. The van der Waals surface area contributed by atoms with Crippen LogP contribution in [0.4, 0.5) is 4.39 Å². The Hall–Kier alpha value is -2.21. The van der Waals surface area contributed by atoms with Crippen molar-refractivity contribution in [3.8, 4) is 0 Å². The van der Waals surface area contributed by atoms with Crippen LogP contribution in [0.2, 0.25) is 0 Å². The maximum Gasteiger partial charge on any atom is 0.260 e. The molecule has 0 fully saturated rings. The lowest BCUT2D eigenvalue weighted by atomic mass is 9.91. The molecular weight excluding hydrogens is 259 g/mol. The van der Waals surface area contributed by atoms with Gasteiger partial charge in [-0.1, -0.05) is 0 Å². The van der Waals surface area contributed by atoms with Crippen molar-refractivity contribution in [1.29, 1.82) is 0 Å². The van der Waals surface area contributed by atoms with Crippen LogP contribution in [-0.2, 0) is 7.05 Å². The van der Waals surface area contributed by atoms with Crippen LogP contribution in [-0.4, -0.2) is 22.9 Å². The summed E-state index contributed by atoms with van der Waals surface area (Å²) in [7, 11) is 1.66. The first-order valence-electron chi connectivity index (χ1n) is 6.55. The third-order valence-electron chi connectivity index (χ3n) is 4.00. The summed E-state index contributed by atoms with van der Waals surface area (Å²) in [5.41, 5.74) is 8.77. The van der Waals surface area contributed by atoms with Crippen LogP contribution in [0.3, 0.4) is 0 Å². The van der Waals surface area contributed by atoms with Crippen LogP contribution in [0.15, 0.2) is 39.4 Å². The molecule has 3 aliphatic rings. The molecule has 0 spiro atoms. The quantitative estimate of drug-likeness (QED) is 0.728. The Balaban J connectivity index is 2.10. The van der Waals surface area contributed by atoms with E-state index < -0.39 is 5.83 Å². The topological polar surface area (TPSA) is 58.4 Å². The van der Waals surface area contributed by atoms with Gasteiger partial charge in [0, 0.05) is 30.9 Å². The van der Waals surface area contributed by atoms with E-state index in [-0.39, 0.29) is 11.6 Å².